The van der Waals surface area contributed by atoms with E-state index in [2.05, 4.69) is 11.2 Å². The van der Waals surface area contributed by atoms with E-state index in [0.29, 0.717) is 12.5 Å². The topological polar surface area (TPSA) is 53.1 Å². The zero-order valence-corrected chi connectivity index (χ0v) is 11.1. The van der Waals surface area contributed by atoms with Crippen LogP contribution in [-0.2, 0) is 13.5 Å². The van der Waals surface area contributed by atoms with Crippen LogP contribution >= 0.6 is 0 Å². The number of fused-ring (bicyclic) bond motifs is 1. The summed E-state index contributed by atoms with van der Waals surface area (Å²) in [6, 6.07) is 8.32. The molecule has 0 saturated carbocycles. The molecule has 19 heavy (non-hydrogen) atoms. The van der Waals surface area contributed by atoms with Crippen LogP contribution in [0.25, 0.3) is 0 Å². The number of aromatic nitrogens is 2. The second-order valence-corrected chi connectivity index (χ2v) is 5.18. The van der Waals surface area contributed by atoms with Crippen molar-refractivity contribution < 1.29 is 4.74 Å². The van der Waals surface area contributed by atoms with Crippen LogP contribution in [-0.4, -0.2) is 22.4 Å². The van der Waals surface area contributed by atoms with E-state index in [1.54, 1.807) is 0 Å². The first-order valence-corrected chi connectivity index (χ1v) is 6.69. The molecule has 0 amide bonds. The number of hydrogen-bond acceptors (Lipinski definition) is 3. The number of nitrogens with zero attached hydrogens (tertiary/aromatic N) is 2. The molecule has 2 atom stereocenters. The molecule has 2 unspecified atom stereocenters. The summed E-state index contributed by atoms with van der Waals surface area (Å²) in [5, 5.41) is 4.18. The third kappa shape index (κ3) is 2.49. The quantitative estimate of drug-likeness (QED) is 0.909. The maximum atomic E-state index is 6.34. The molecular formula is C15H19N3O. The molecule has 2 N–H and O–H groups in total. The third-order valence-electron chi connectivity index (χ3n) is 3.78. The second kappa shape index (κ2) is 5.05. The minimum absolute atomic E-state index is 0.129. The van der Waals surface area contributed by atoms with E-state index in [1.807, 2.05) is 42.3 Å². The summed E-state index contributed by atoms with van der Waals surface area (Å²) < 4.78 is 7.52. The Hall–Kier alpha value is -1.81. The van der Waals surface area contributed by atoms with Crippen molar-refractivity contribution in [2.24, 2.45) is 12.8 Å². The van der Waals surface area contributed by atoms with Crippen LogP contribution in [0.15, 0.2) is 36.7 Å². The lowest BCUT2D eigenvalue weighted by atomic mass is 9.90. The molecule has 0 bridgehead atoms. The fraction of sp³-hybridized carbons (Fsp3) is 0.400. The van der Waals surface area contributed by atoms with E-state index in [9.17, 15) is 0 Å². The van der Waals surface area contributed by atoms with Crippen molar-refractivity contribution in [2.75, 3.05) is 6.61 Å². The van der Waals surface area contributed by atoms with Gasteiger partial charge in [0.15, 0.2) is 0 Å². The smallest absolute Gasteiger partial charge is 0.122 e. The molecule has 0 radical (unpaired) electrons. The molecule has 0 fully saturated rings. The summed E-state index contributed by atoms with van der Waals surface area (Å²) in [4.78, 5) is 0. The van der Waals surface area contributed by atoms with E-state index in [0.717, 1.165) is 18.6 Å². The minimum atomic E-state index is 0.129. The Kier molecular flexibility index (Phi) is 3.25. The van der Waals surface area contributed by atoms with Gasteiger partial charge in [-0.25, -0.2) is 0 Å². The molecule has 2 heterocycles. The SMILES string of the molecule is Cn1cc(CCC(N)C2COc3ccccc32)cn1. The monoisotopic (exact) mass is 257 g/mol. The van der Waals surface area contributed by atoms with Crippen molar-refractivity contribution in [3.8, 4) is 5.75 Å². The van der Waals surface area contributed by atoms with Crippen LogP contribution in [0.2, 0.25) is 0 Å². The number of rotatable bonds is 4. The van der Waals surface area contributed by atoms with Crippen LogP contribution in [0.5, 0.6) is 5.75 Å². The first kappa shape index (κ1) is 12.2. The number of ether oxygens (including phenoxy) is 1. The van der Waals surface area contributed by atoms with Gasteiger partial charge in [0.2, 0.25) is 0 Å². The van der Waals surface area contributed by atoms with Crippen molar-refractivity contribution in [1.29, 1.82) is 0 Å². The standard InChI is InChI=1S/C15H19N3O/c1-18-9-11(8-17-18)6-7-14(16)13-10-19-15-5-3-2-4-12(13)15/h2-5,8-9,13-14H,6-7,10,16H2,1H3. The van der Waals surface area contributed by atoms with Crippen molar-refractivity contribution in [3.05, 3.63) is 47.8 Å². The van der Waals surface area contributed by atoms with Gasteiger partial charge in [-0.1, -0.05) is 18.2 Å². The average Bonchev–Trinajstić information content (AvgIpc) is 3.02. The van der Waals surface area contributed by atoms with Crippen molar-refractivity contribution in [2.45, 2.75) is 24.8 Å². The molecule has 4 heteroatoms. The molecule has 0 aliphatic carbocycles. The molecule has 1 aliphatic rings. The van der Waals surface area contributed by atoms with Gasteiger partial charge in [-0.15, -0.1) is 0 Å². The molecule has 1 aromatic heterocycles. The number of nitrogens with two attached hydrogens (primary N) is 1. The predicted octanol–water partition coefficient (Wildman–Crippen LogP) is 1.86. The van der Waals surface area contributed by atoms with Crippen LogP contribution in [0.3, 0.4) is 0 Å². The van der Waals surface area contributed by atoms with Gasteiger partial charge in [0.25, 0.3) is 0 Å². The van der Waals surface area contributed by atoms with Crippen molar-refractivity contribution in [1.82, 2.24) is 9.78 Å². The van der Waals surface area contributed by atoms with Gasteiger partial charge >= 0.3 is 0 Å². The lowest BCUT2D eigenvalue weighted by Gasteiger charge is -2.17. The Morgan fingerprint density at radius 2 is 2.32 bits per heavy atom. The Balaban J connectivity index is 1.64. The van der Waals surface area contributed by atoms with E-state index in [1.165, 1.54) is 11.1 Å². The van der Waals surface area contributed by atoms with Crippen molar-refractivity contribution >= 4 is 0 Å². The van der Waals surface area contributed by atoms with Gasteiger partial charge in [0.1, 0.15) is 5.75 Å². The Morgan fingerprint density at radius 1 is 1.47 bits per heavy atom. The Labute approximate surface area is 113 Å². The molecule has 4 nitrogen and oxygen atoms in total. The van der Waals surface area contributed by atoms with Crippen LogP contribution < -0.4 is 10.5 Å². The summed E-state index contributed by atoms with van der Waals surface area (Å²) in [6.07, 6.45) is 5.87. The highest BCUT2D eigenvalue weighted by Gasteiger charge is 2.28. The number of benzene rings is 1. The van der Waals surface area contributed by atoms with Gasteiger partial charge in [-0.2, -0.15) is 5.10 Å². The normalized spacial score (nSPS) is 18.9. The lowest BCUT2D eigenvalue weighted by molar-refractivity contribution is 0.310. The first-order valence-electron chi connectivity index (χ1n) is 6.69. The van der Waals surface area contributed by atoms with Gasteiger partial charge in [0, 0.05) is 30.8 Å². The predicted molar refractivity (Wildman–Crippen MR) is 74.2 cm³/mol. The molecule has 1 aliphatic heterocycles. The number of hydrogen-bond donors (Lipinski definition) is 1. The summed E-state index contributed by atoms with van der Waals surface area (Å²) in [5.41, 5.74) is 8.83. The van der Waals surface area contributed by atoms with Crippen LogP contribution in [0, 0.1) is 0 Å². The number of para-hydroxylation sites is 1. The van der Waals surface area contributed by atoms with E-state index >= 15 is 0 Å². The Morgan fingerprint density at radius 3 is 3.11 bits per heavy atom. The largest absolute Gasteiger partial charge is 0.493 e. The minimum Gasteiger partial charge on any atom is -0.493 e. The number of aryl methyl sites for hydroxylation is 2. The molecule has 3 rings (SSSR count). The summed E-state index contributed by atoms with van der Waals surface area (Å²) in [7, 11) is 1.94. The third-order valence-corrected chi connectivity index (χ3v) is 3.78. The zero-order valence-electron chi connectivity index (χ0n) is 11.1. The summed E-state index contributed by atoms with van der Waals surface area (Å²) >= 11 is 0. The molecule has 0 saturated heterocycles. The highest BCUT2D eigenvalue weighted by Crippen LogP contribution is 2.35. The lowest BCUT2D eigenvalue weighted by Crippen LogP contribution is -2.30. The highest BCUT2D eigenvalue weighted by molar-refractivity contribution is 5.40. The molecule has 100 valence electrons. The Bertz CT molecular complexity index is 564. The fourth-order valence-electron chi connectivity index (χ4n) is 2.68. The molecule has 1 aromatic carbocycles. The second-order valence-electron chi connectivity index (χ2n) is 5.18. The van der Waals surface area contributed by atoms with Gasteiger partial charge in [-0.3, -0.25) is 4.68 Å². The average molecular weight is 257 g/mol. The van der Waals surface area contributed by atoms with E-state index in [4.69, 9.17) is 10.5 Å². The zero-order chi connectivity index (χ0) is 13.2. The van der Waals surface area contributed by atoms with E-state index < -0.39 is 0 Å². The molecular weight excluding hydrogens is 238 g/mol. The van der Waals surface area contributed by atoms with Crippen molar-refractivity contribution in [3.63, 3.8) is 0 Å². The van der Waals surface area contributed by atoms with Gasteiger partial charge < -0.3 is 10.5 Å². The fourth-order valence-corrected chi connectivity index (χ4v) is 2.68. The van der Waals surface area contributed by atoms with E-state index in [-0.39, 0.29) is 6.04 Å². The highest BCUT2D eigenvalue weighted by atomic mass is 16.5. The summed E-state index contributed by atoms with van der Waals surface area (Å²) in [5.74, 6) is 1.30. The van der Waals surface area contributed by atoms with Gasteiger partial charge in [-0.05, 0) is 24.5 Å². The molecule has 2 aromatic rings. The summed E-state index contributed by atoms with van der Waals surface area (Å²) in [6.45, 7) is 0.702. The van der Waals surface area contributed by atoms with Crippen LogP contribution in [0.4, 0.5) is 0 Å². The maximum absolute atomic E-state index is 6.34. The van der Waals surface area contributed by atoms with Crippen LogP contribution in [0.1, 0.15) is 23.5 Å². The first-order chi connectivity index (χ1) is 9.24. The maximum Gasteiger partial charge on any atom is 0.122 e. The van der Waals surface area contributed by atoms with Gasteiger partial charge in [0.05, 0.1) is 12.8 Å². The molecule has 0 spiro atoms.